The van der Waals surface area contributed by atoms with Gasteiger partial charge in [-0.2, -0.15) is 4.68 Å². The van der Waals surface area contributed by atoms with Gasteiger partial charge in [0.25, 0.3) is 5.89 Å². The minimum atomic E-state index is -0.661. The number of nitrogens with zero attached hydrogens (tertiary/aromatic N) is 3. The van der Waals surface area contributed by atoms with Crippen molar-refractivity contribution in [1.82, 2.24) is 14.7 Å². The second-order valence-electron chi connectivity index (χ2n) is 6.08. The standard InChI is InChI=1S/C18H17N3O5S/c1-20(9-12-11-24-13-5-2-3-6-14(13)25-12)16(22)10-21-18(23)26-17(19-21)15-7-4-8-27-15/h2-8,12H,9-11H2,1H3. The van der Waals surface area contributed by atoms with Gasteiger partial charge in [-0.25, -0.2) is 4.79 Å². The summed E-state index contributed by atoms with van der Waals surface area (Å²) in [5.41, 5.74) is 0. The summed E-state index contributed by atoms with van der Waals surface area (Å²) >= 11 is 1.41. The van der Waals surface area contributed by atoms with Crippen LogP contribution in [0.5, 0.6) is 11.5 Å². The minimum Gasteiger partial charge on any atom is -0.486 e. The molecule has 1 amide bonds. The number of amides is 1. The van der Waals surface area contributed by atoms with Crippen LogP contribution >= 0.6 is 11.3 Å². The summed E-state index contributed by atoms with van der Waals surface area (Å²) in [6.07, 6.45) is -0.287. The lowest BCUT2D eigenvalue weighted by atomic mass is 10.2. The second-order valence-corrected chi connectivity index (χ2v) is 7.03. The first-order valence-corrected chi connectivity index (χ1v) is 9.22. The van der Waals surface area contributed by atoms with E-state index in [1.165, 1.54) is 16.2 Å². The van der Waals surface area contributed by atoms with Gasteiger partial charge in [-0.1, -0.05) is 18.2 Å². The van der Waals surface area contributed by atoms with Crippen molar-refractivity contribution < 1.29 is 18.7 Å². The first kappa shape index (κ1) is 17.3. The fourth-order valence-corrected chi connectivity index (χ4v) is 3.36. The molecule has 4 rings (SSSR count). The van der Waals surface area contributed by atoms with E-state index in [0.717, 1.165) is 9.56 Å². The summed E-state index contributed by atoms with van der Waals surface area (Å²) in [5, 5.41) is 5.95. The number of para-hydroxylation sites is 2. The topological polar surface area (TPSA) is 86.8 Å². The van der Waals surface area contributed by atoms with Gasteiger partial charge in [-0.05, 0) is 23.6 Å². The number of fused-ring (bicyclic) bond motifs is 1. The molecule has 0 aliphatic carbocycles. The van der Waals surface area contributed by atoms with Crippen molar-refractivity contribution >= 4 is 17.2 Å². The van der Waals surface area contributed by atoms with Gasteiger partial charge in [0.05, 0.1) is 11.4 Å². The maximum absolute atomic E-state index is 12.5. The SMILES string of the molecule is CN(CC1COc2ccccc2O1)C(=O)Cn1nc(-c2cccs2)oc1=O. The average Bonchev–Trinajstić information content (AvgIpc) is 3.32. The largest absolute Gasteiger partial charge is 0.486 e. The number of thiophene rings is 1. The van der Waals surface area contributed by atoms with E-state index in [4.69, 9.17) is 13.9 Å². The van der Waals surface area contributed by atoms with Crippen LogP contribution in [0.4, 0.5) is 0 Å². The lowest BCUT2D eigenvalue weighted by Gasteiger charge is -2.29. The van der Waals surface area contributed by atoms with Crippen LogP contribution in [0, 0.1) is 0 Å². The van der Waals surface area contributed by atoms with Gasteiger partial charge >= 0.3 is 5.76 Å². The average molecular weight is 387 g/mol. The molecule has 0 bridgehead atoms. The van der Waals surface area contributed by atoms with E-state index in [2.05, 4.69) is 5.10 Å². The van der Waals surface area contributed by atoms with Crippen molar-refractivity contribution in [1.29, 1.82) is 0 Å². The molecule has 1 aromatic carbocycles. The first-order valence-electron chi connectivity index (χ1n) is 8.34. The number of carbonyl (C=O) groups is 1. The number of ether oxygens (including phenoxy) is 2. The fraction of sp³-hybridized carbons (Fsp3) is 0.278. The third-order valence-corrected chi connectivity index (χ3v) is 4.95. The van der Waals surface area contributed by atoms with Crippen LogP contribution in [0.15, 0.2) is 51.0 Å². The van der Waals surface area contributed by atoms with Crippen LogP contribution in [-0.2, 0) is 11.3 Å². The number of carbonyl (C=O) groups excluding carboxylic acids is 1. The first-order chi connectivity index (χ1) is 13.1. The van der Waals surface area contributed by atoms with E-state index >= 15 is 0 Å². The molecule has 0 fully saturated rings. The third kappa shape index (κ3) is 3.72. The Labute approximate surface area is 158 Å². The summed E-state index contributed by atoms with van der Waals surface area (Å²) in [7, 11) is 1.65. The molecule has 0 radical (unpaired) electrons. The molecule has 2 aromatic heterocycles. The molecule has 0 N–H and O–H groups in total. The molecule has 1 unspecified atom stereocenters. The molecule has 140 valence electrons. The minimum absolute atomic E-state index is 0.200. The number of hydrogen-bond donors (Lipinski definition) is 0. The van der Waals surface area contributed by atoms with Gasteiger partial charge in [0.2, 0.25) is 5.91 Å². The van der Waals surface area contributed by atoms with E-state index < -0.39 is 5.76 Å². The summed E-state index contributed by atoms with van der Waals surface area (Å²) in [4.78, 5) is 26.6. The zero-order valence-electron chi connectivity index (χ0n) is 14.5. The number of hydrogen-bond acceptors (Lipinski definition) is 7. The molecule has 1 aliphatic rings. The molecule has 1 aliphatic heterocycles. The Morgan fingerprint density at radius 3 is 2.89 bits per heavy atom. The molecule has 0 saturated heterocycles. The molecule has 27 heavy (non-hydrogen) atoms. The highest BCUT2D eigenvalue weighted by Gasteiger charge is 2.24. The zero-order chi connectivity index (χ0) is 18.8. The Hall–Kier alpha value is -3.07. The van der Waals surface area contributed by atoms with Gasteiger partial charge in [0.15, 0.2) is 17.6 Å². The number of aromatic nitrogens is 2. The van der Waals surface area contributed by atoms with Gasteiger partial charge in [0.1, 0.15) is 13.2 Å². The van der Waals surface area contributed by atoms with E-state index in [1.807, 2.05) is 35.7 Å². The molecule has 3 aromatic rings. The van der Waals surface area contributed by atoms with Crippen molar-refractivity contribution in [2.75, 3.05) is 20.2 Å². The molecular formula is C18H17N3O5S. The summed E-state index contributed by atoms with van der Waals surface area (Å²) in [6.45, 7) is 0.479. The highest BCUT2D eigenvalue weighted by Crippen LogP contribution is 2.31. The van der Waals surface area contributed by atoms with Gasteiger partial charge in [-0.3, -0.25) is 4.79 Å². The summed E-state index contributed by atoms with van der Waals surface area (Å²) in [5.74, 6) is 0.629. The summed E-state index contributed by atoms with van der Waals surface area (Å²) < 4.78 is 17.7. The van der Waals surface area contributed by atoms with Crippen LogP contribution in [0.3, 0.4) is 0 Å². The zero-order valence-corrected chi connectivity index (χ0v) is 15.3. The molecule has 0 saturated carbocycles. The van der Waals surface area contributed by atoms with Crippen molar-refractivity contribution in [3.8, 4) is 22.3 Å². The Morgan fingerprint density at radius 1 is 1.30 bits per heavy atom. The van der Waals surface area contributed by atoms with E-state index in [0.29, 0.717) is 24.7 Å². The number of benzene rings is 1. The normalized spacial score (nSPS) is 15.5. The predicted octanol–water partition coefficient (Wildman–Crippen LogP) is 1.86. The highest BCUT2D eigenvalue weighted by atomic mass is 32.1. The Morgan fingerprint density at radius 2 is 2.11 bits per heavy atom. The van der Waals surface area contributed by atoms with E-state index in [9.17, 15) is 9.59 Å². The maximum Gasteiger partial charge on any atom is 0.437 e. The Bertz CT molecular complexity index is 995. The smallest absolute Gasteiger partial charge is 0.437 e. The van der Waals surface area contributed by atoms with Crippen LogP contribution in [0.2, 0.25) is 0 Å². The van der Waals surface area contributed by atoms with Gasteiger partial charge in [-0.15, -0.1) is 16.4 Å². The highest BCUT2D eigenvalue weighted by molar-refractivity contribution is 7.13. The fourth-order valence-electron chi connectivity index (χ4n) is 2.72. The maximum atomic E-state index is 12.5. The summed E-state index contributed by atoms with van der Waals surface area (Å²) in [6, 6.07) is 11.0. The van der Waals surface area contributed by atoms with Crippen LogP contribution in [-0.4, -0.2) is 46.9 Å². The van der Waals surface area contributed by atoms with Crippen molar-refractivity contribution in [3.63, 3.8) is 0 Å². The lowest BCUT2D eigenvalue weighted by Crippen LogP contribution is -2.43. The van der Waals surface area contributed by atoms with Crippen LogP contribution in [0.1, 0.15) is 0 Å². The Balaban J connectivity index is 1.38. The van der Waals surface area contributed by atoms with Crippen molar-refractivity contribution in [2.45, 2.75) is 12.6 Å². The molecule has 3 heterocycles. The second kappa shape index (κ2) is 7.28. The van der Waals surface area contributed by atoms with Crippen molar-refractivity contribution in [3.05, 3.63) is 52.3 Å². The van der Waals surface area contributed by atoms with Gasteiger partial charge < -0.3 is 18.8 Å². The van der Waals surface area contributed by atoms with Gasteiger partial charge in [0, 0.05) is 7.05 Å². The van der Waals surface area contributed by atoms with Crippen molar-refractivity contribution in [2.24, 2.45) is 0 Å². The quantitative estimate of drug-likeness (QED) is 0.664. The van der Waals surface area contributed by atoms with Crippen LogP contribution < -0.4 is 15.2 Å². The van der Waals surface area contributed by atoms with E-state index in [-0.39, 0.29) is 24.4 Å². The molecular weight excluding hydrogens is 370 g/mol. The molecule has 0 spiro atoms. The number of likely N-dealkylation sites (N-methyl/N-ethyl adjacent to an activating group) is 1. The third-order valence-electron chi connectivity index (χ3n) is 4.09. The monoisotopic (exact) mass is 387 g/mol. The number of rotatable bonds is 5. The lowest BCUT2D eigenvalue weighted by molar-refractivity contribution is -0.132. The molecule has 9 heteroatoms. The molecule has 8 nitrogen and oxygen atoms in total. The Kier molecular flexibility index (Phi) is 4.68. The van der Waals surface area contributed by atoms with E-state index in [1.54, 1.807) is 13.1 Å². The molecule has 1 atom stereocenters. The van der Waals surface area contributed by atoms with Crippen LogP contribution in [0.25, 0.3) is 10.8 Å². The predicted molar refractivity (Wildman–Crippen MR) is 98.1 cm³/mol.